The summed E-state index contributed by atoms with van der Waals surface area (Å²) in [5.74, 6) is -3.56. The maximum Gasteiger partial charge on any atom is 0.338 e. The van der Waals surface area contributed by atoms with Crippen LogP contribution in [-0.4, -0.2) is 59.5 Å². The Kier molecular flexibility index (Phi) is 9.69. The van der Waals surface area contributed by atoms with Crippen LogP contribution in [0.15, 0.2) is 66.7 Å². The highest BCUT2D eigenvalue weighted by atomic mass is 16.6. The monoisotopic (exact) mass is 646 g/mol. The van der Waals surface area contributed by atoms with Crippen molar-refractivity contribution in [2.45, 2.75) is 103 Å². The molecule has 3 fully saturated rings. The van der Waals surface area contributed by atoms with Crippen LogP contribution < -0.4 is 0 Å². The molecule has 9 atom stereocenters. The molecule has 3 aliphatic rings. The first kappa shape index (κ1) is 34.4. The number of fused-ring (bicyclic) bond motifs is 1. The van der Waals surface area contributed by atoms with E-state index in [4.69, 9.17) is 23.7 Å². The van der Waals surface area contributed by atoms with E-state index >= 15 is 0 Å². The Morgan fingerprint density at radius 1 is 0.894 bits per heavy atom. The number of benzene rings is 2. The highest BCUT2D eigenvalue weighted by molar-refractivity contribution is 5.89. The van der Waals surface area contributed by atoms with Gasteiger partial charge in [-0.25, -0.2) is 9.59 Å². The molecule has 0 unspecified atom stereocenters. The second kappa shape index (κ2) is 13.3. The van der Waals surface area contributed by atoms with E-state index in [2.05, 4.69) is 0 Å². The quantitative estimate of drug-likeness (QED) is 0.175. The Morgan fingerprint density at radius 3 is 2.15 bits per heavy atom. The molecular formula is C38H46O9. The maximum atomic E-state index is 13.9. The van der Waals surface area contributed by atoms with E-state index in [1.54, 1.807) is 43.3 Å². The summed E-state index contributed by atoms with van der Waals surface area (Å²) in [6, 6.07) is 17.9. The van der Waals surface area contributed by atoms with Gasteiger partial charge in [-0.2, -0.15) is 0 Å². The van der Waals surface area contributed by atoms with Crippen molar-refractivity contribution in [1.82, 2.24) is 0 Å². The molecule has 9 nitrogen and oxygen atoms in total. The second-order valence-corrected chi connectivity index (χ2v) is 13.9. The summed E-state index contributed by atoms with van der Waals surface area (Å²) < 4.78 is 32.3. The smallest absolute Gasteiger partial charge is 0.338 e. The van der Waals surface area contributed by atoms with Gasteiger partial charge in [-0.05, 0) is 69.7 Å². The molecule has 9 heteroatoms. The van der Waals surface area contributed by atoms with Gasteiger partial charge in [0.25, 0.3) is 0 Å². The molecule has 47 heavy (non-hydrogen) atoms. The zero-order chi connectivity index (χ0) is 34.1. The molecule has 252 valence electrons. The van der Waals surface area contributed by atoms with Gasteiger partial charge in [0.1, 0.15) is 23.9 Å². The van der Waals surface area contributed by atoms with Crippen LogP contribution >= 0.6 is 0 Å². The summed E-state index contributed by atoms with van der Waals surface area (Å²) in [4.78, 5) is 53.7. The summed E-state index contributed by atoms with van der Waals surface area (Å²) >= 11 is 0. The van der Waals surface area contributed by atoms with Gasteiger partial charge in [-0.1, -0.05) is 69.3 Å². The largest absolute Gasteiger partial charge is 0.459 e. The van der Waals surface area contributed by atoms with Crippen LogP contribution in [0.4, 0.5) is 0 Å². The van der Waals surface area contributed by atoms with Crippen molar-refractivity contribution in [2.24, 2.45) is 23.2 Å². The number of ether oxygens (including phenoxy) is 5. The average molecular weight is 647 g/mol. The molecule has 1 aliphatic heterocycles. The number of rotatable bonds is 9. The molecule has 2 aromatic rings. The fourth-order valence-corrected chi connectivity index (χ4v) is 8.12. The van der Waals surface area contributed by atoms with Crippen LogP contribution in [0.2, 0.25) is 0 Å². The van der Waals surface area contributed by atoms with Gasteiger partial charge in [-0.3, -0.25) is 9.59 Å². The van der Waals surface area contributed by atoms with E-state index in [9.17, 15) is 19.2 Å². The highest BCUT2D eigenvalue weighted by Crippen LogP contribution is 2.68. The summed E-state index contributed by atoms with van der Waals surface area (Å²) in [5.41, 5.74) is -2.44. The lowest BCUT2D eigenvalue weighted by atomic mass is 9.48. The van der Waals surface area contributed by atoms with Crippen LogP contribution in [0.1, 0.15) is 83.7 Å². The number of carbonyl (C=O) groups excluding carboxylic acids is 4. The van der Waals surface area contributed by atoms with Crippen LogP contribution in [0.25, 0.3) is 6.08 Å². The Labute approximate surface area is 276 Å². The van der Waals surface area contributed by atoms with E-state index in [1.165, 1.54) is 13.0 Å². The molecular weight excluding hydrogens is 600 g/mol. The molecule has 0 radical (unpaired) electrons. The van der Waals surface area contributed by atoms with Crippen LogP contribution in [0.5, 0.6) is 0 Å². The van der Waals surface area contributed by atoms with Crippen LogP contribution in [0, 0.1) is 23.2 Å². The lowest BCUT2D eigenvalue weighted by Gasteiger charge is -2.62. The molecule has 0 amide bonds. The molecule has 2 saturated carbocycles. The normalized spacial score (nSPS) is 32.9. The Balaban J connectivity index is 1.67. The van der Waals surface area contributed by atoms with E-state index in [0.717, 1.165) is 5.56 Å². The summed E-state index contributed by atoms with van der Waals surface area (Å²) in [5, 5.41) is 0. The van der Waals surface area contributed by atoms with Gasteiger partial charge in [0, 0.05) is 13.0 Å². The van der Waals surface area contributed by atoms with Crippen molar-refractivity contribution in [2.75, 3.05) is 0 Å². The Hall–Kier alpha value is -3.98. The Morgan fingerprint density at radius 2 is 1.53 bits per heavy atom. The van der Waals surface area contributed by atoms with Gasteiger partial charge in [-0.15, -0.1) is 0 Å². The third kappa shape index (κ3) is 6.10. The van der Waals surface area contributed by atoms with Gasteiger partial charge in [0.15, 0.2) is 6.10 Å². The molecule has 1 spiro atoms. The second-order valence-electron chi connectivity index (χ2n) is 13.9. The van der Waals surface area contributed by atoms with Crippen molar-refractivity contribution >= 4 is 30.0 Å². The third-order valence-electron chi connectivity index (χ3n) is 10.6. The predicted octanol–water partition coefficient (Wildman–Crippen LogP) is 6.34. The summed E-state index contributed by atoms with van der Waals surface area (Å²) in [6.07, 6.45) is 0.591. The van der Waals surface area contributed by atoms with Gasteiger partial charge >= 0.3 is 23.9 Å². The molecule has 5 rings (SSSR count). The highest BCUT2D eigenvalue weighted by Gasteiger charge is 2.82. The molecule has 2 aliphatic carbocycles. The van der Waals surface area contributed by atoms with E-state index in [0.29, 0.717) is 24.8 Å². The zero-order valence-corrected chi connectivity index (χ0v) is 28.3. The van der Waals surface area contributed by atoms with Crippen LogP contribution in [0.3, 0.4) is 0 Å². The SMILES string of the molecule is CC[C@@H](C)C(=O)O[C@H]1[C@@H]2[C@@H](OC(C)=O)[C@]3(OC2(C)C)[C@@H](C)CC[C@@H](OC(=O)/C=C/c2ccccc2)[C@]3(C)[C@@H]1OC(=O)c1ccccc1. The number of hydrogen-bond donors (Lipinski definition) is 0. The molecule has 2 aromatic carbocycles. The number of carbonyl (C=O) groups is 4. The molecule has 0 N–H and O–H groups in total. The fourth-order valence-electron chi connectivity index (χ4n) is 8.12. The Bertz CT molecular complexity index is 1500. The van der Waals surface area contributed by atoms with Gasteiger partial charge in [0.05, 0.1) is 28.4 Å². The molecule has 1 saturated heterocycles. The number of hydrogen-bond acceptors (Lipinski definition) is 9. The topological polar surface area (TPSA) is 114 Å². The van der Waals surface area contributed by atoms with Crippen molar-refractivity contribution in [3.8, 4) is 0 Å². The molecule has 0 aromatic heterocycles. The minimum absolute atomic E-state index is 0.222. The standard InChI is InChI=1S/C38H46O9/c1-8-23(2)34(41)45-31-30-32(43-25(4)39)38(47-36(30,5)6)24(3)19-21-28(44-29(40)22-20-26-15-11-9-12-16-26)37(38,7)33(31)46-35(42)27-17-13-10-14-18-27/h9-18,20,22-24,28,30-33H,8,19,21H2,1-7H3/b22-20+/t23-,24+,28-,30-,31+,32-,33-,37-,38-/m1/s1. The van der Waals surface area contributed by atoms with E-state index in [1.807, 2.05) is 65.0 Å². The van der Waals surface area contributed by atoms with Crippen molar-refractivity contribution in [1.29, 1.82) is 0 Å². The summed E-state index contributed by atoms with van der Waals surface area (Å²) in [6.45, 7) is 12.6. The fraction of sp³-hybridized carbons (Fsp3) is 0.526. The van der Waals surface area contributed by atoms with Crippen molar-refractivity contribution in [3.63, 3.8) is 0 Å². The first-order valence-electron chi connectivity index (χ1n) is 16.5. The minimum Gasteiger partial charge on any atom is -0.459 e. The third-order valence-corrected chi connectivity index (χ3v) is 10.6. The molecule has 1 heterocycles. The maximum absolute atomic E-state index is 13.9. The van der Waals surface area contributed by atoms with E-state index < -0.39 is 76.7 Å². The minimum atomic E-state index is -1.32. The van der Waals surface area contributed by atoms with Crippen molar-refractivity contribution < 1.29 is 42.9 Å². The lowest BCUT2D eigenvalue weighted by molar-refractivity contribution is -0.299. The summed E-state index contributed by atoms with van der Waals surface area (Å²) in [7, 11) is 0. The van der Waals surface area contributed by atoms with Crippen molar-refractivity contribution in [3.05, 3.63) is 77.9 Å². The van der Waals surface area contributed by atoms with Gasteiger partial charge in [0.2, 0.25) is 0 Å². The lowest BCUT2D eigenvalue weighted by Crippen LogP contribution is -2.76. The van der Waals surface area contributed by atoms with E-state index in [-0.39, 0.29) is 5.92 Å². The van der Waals surface area contributed by atoms with Crippen LogP contribution in [-0.2, 0) is 38.1 Å². The van der Waals surface area contributed by atoms with Gasteiger partial charge < -0.3 is 23.7 Å². The average Bonchev–Trinajstić information content (AvgIpc) is 3.25. The first-order valence-corrected chi connectivity index (χ1v) is 16.5. The zero-order valence-electron chi connectivity index (χ0n) is 28.3. The number of esters is 4. The first-order chi connectivity index (χ1) is 22.3. The predicted molar refractivity (Wildman–Crippen MR) is 174 cm³/mol. The molecule has 2 bridgehead atoms.